The molecule has 1 aromatic carbocycles. The van der Waals surface area contributed by atoms with Crippen LogP contribution in [0.25, 0.3) is 0 Å². The minimum absolute atomic E-state index is 0.244. The van der Waals surface area contributed by atoms with E-state index in [0.717, 1.165) is 25.1 Å². The van der Waals surface area contributed by atoms with E-state index in [9.17, 15) is 4.79 Å². The summed E-state index contributed by atoms with van der Waals surface area (Å²) >= 11 is 0. The number of hydrogen-bond acceptors (Lipinski definition) is 3. The third-order valence-electron chi connectivity index (χ3n) is 3.45. The minimum Gasteiger partial charge on any atom is -0.478 e. The third-order valence-corrected chi connectivity index (χ3v) is 3.45. The van der Waals surface area contributed by atoms with E-state index in [1.807, 2.05) is 18.2 Å². The molecule has 0 unspecified atom stereocenters. The average Bonchev–Trinajstić information content (AvgIpc) is 2.85. The van der Waals surface area contributed by atoms with Crippen LogP contribution >= 0.6 is 0 Å². The highest BCUT2D eigenvalue weighted by atomic mass is 16.4. The van der Waals surface area contributed by atoms with Crippen LogP contribution in [0.3, 0.4) is 0 Å². The van der Waals surface area contributed by atoms with Gasteiger partial charge in [-0.2, -0.15) is 0 Å². The number of aryl methyl sites for hydroxylation is 1. The van der Waals surface area contributed by atoms with Crippen molar-refractivity contribution in [3.05, 3.63) is 53.5 Å². The number of carboxylic acid groups (broad SMARTS) is 1. The first-order valence-electron chi connectivity index (χ1n) is 7.24. The molecule has 0 aliphatic rings. The van der Waals surface area contributed by atoms with E-state index < -0.39 is 5.97 Å². The molecule has 0 aliphatic carbocycles. The van der Waals surface area contributed by atoms with Crippen LogP contribution in [0.4, 0.5) is 5.69 Å². The maximum absolute atomic E-state index is 11.1. The Balaban J connectivity index is 2.19. The molecule has 1 N–H and O–H groups in total. The Bertz CT molecular complexity index is 589. The topological polar surface area (TPSA) is 53.7 Å². The zero-order valence-electron chi connectivity index (χ0n) is 12.5. The number of nitrogens with zero attached hydrogens (tertiary/aromatic N) is 1. The van der Waals surface area contributed by atoms with Gasteiger partial charge in [-0.05, 0) is 31.5 Å². The summed E-state index contributed by atoms with van der Waals surface area (Å²) in [5, 5.41) is 9.10. The lowest BCUT2D eigenvalue weighted by atomic mass is 10.2. The molecular weight excluding hydrogens is 266 g/mol. The van der Waals surface area contributed by atoms with Gasteiger partial charge in [0.15, 0.2) is 0 Å². The number of aromatic carboxylic acids is 1. The summed E-state index contributed by atoms with van der Waals surface area (Å²) in [5.74, 6) is 0.202. The second-order valence-electron chi connectivity index (χ2n) is 5.10. The number of anilines is 1. The zero-order chi connectivity index (χ0) is 15.2. The lowest BCUT2D eigenvalue weighted by Gasteiger charge is -2.23. The molecule has 2 rings (SSSR count). The van der Waals surface area contributed by atoms with Crippen molar-refractivity contribution in [3.63, 3.8) is 0 Å². The second-order valence-corrected chi connectivity index (χ2v) is 5.10. The number of carboxylic acids is 1. The molecule has 0 bridgehead atoms. The fourth-order valence-electron chi connectivity index (χ4n) is 2.31. The predicted octanol–water partition coefficient (Wildman–Crippen LogP) is 4.09. The van der Waals surface area contributed by atoms with Gasteiger partial charge in [0.2, 0.25) is 0 Å². The summed E-state index contributed by atoms with van der Waals surface area (Å²) in [6.07, 6.45) is 2.20. The maximum Gasteiger partial charge on any atom is 0.339 e. The Labute approximate surface area is 125 Å². The van der Waals surface area contributed by atoms with Crippen molar-refractivity contribution in [3.8, 4) is 0 Å². The number of benzene rings is 1. The summed E-state index contributed by atoms with van der Waals surface area (Å²) in [7, 11) is 0. The fourth-order valence-corrected chi connectivity index (χ4v) is 2.31. The molecule has 21 heavy (non-hydrogen) atoms. The van der Waals surface area contributed by atoms with Gasteiger partial charge < -0.3 is 14.4 Å². The zero-order valence-corrected chi connectivity index (χ0v) is 12.5. The summed E-state index contributed by atoms with van der Waals surface area (Å²) < 4.78 is 5.59. The molecule has 0 saturated carbocycles. The second kappa shape index (κ2) is 6.97. The molecule has 0 spiro atoms. The summed E-state index contributed by atoms with van der Waals surface area (Å²) in [4.78, 5) is 13.3. The van der Waals surface area contributed by atoms with Crippen molar-refractivity contribution in [2.75, 3.05) is 11.4 Å². The molecule has 0 saturated heterocycles. The first kappa shape index (κ1) is 15.2. The van der Waals surface area contributed by atoms with Crippen molar-refractivity contribution in [1.29, 1.82) is 0 Å². The normalized spacial score (nSPS) is 10.6. The van der Waals surface area contributed by atoms with Gasteiger partial charge in [-0.1, -0.05) is 31.5 Å². The molecule has 0 atom stereocenters. The Kier molecular flexibility index (Phi) is 5.04. The molecule has 0 radical (unpaired) electrons. The maximum atomic E-state index is 11.1. The average molecular weight is 287 g/mol. The van der Waals surface area contributed by atoms with Gasteiger partial charge in [-0.25, -0.2) is 4.79 Å². The highest BCUT2D eigenvalue weighted by Gasteiger charge is 2.16. The molecule has 112 valence electrons. The van der Waals surface area contributed by atoms with E-state index in [4.69, 9.17) is 9.52 Å². The highest BCUT2D eigenvalue weighted by molar-refractivity contribution is 5.88. The Morgan fingerprint density at radius 3 is 2.57 bits per heavy atom. The van der Waals surface area contributed by atoms with E-state index in [-0.39, 0.29) is 5.56 Å². The summed E-state index contributed by atoms with van der Waals surface area (Å²) in [6.45, 7) is 5.34. The lowest BCUT2D eigenvalue weighted by molar-refractivity contribution is 0.0695. The van der Waals surface area contributed by atoms with Crippen LogP contribution in [0.1, 0.15) is 41.6 Å². The number of carbonyl (C=O) groups is 1. The number of para-hydroxylation sites is 1. The van der Waals surface area contributed by atoms with Gasteiger partial charge in [0, 0.05) is 12.2 Å². The summed E-state index contributed by atoms with van der Waals surface area (Å²) in [5.41, 5.74) is 1.37. The van der Waals surface area contributed by atoms with Crippen LogP contribution in [0.15, 0.2) is 40.8 Å². The SMILES string of the molecule is CCCCN(Cc1cc(C(=O)O)c(C)o1)c1ccccc1. The smallest absolute Gasteiger partial charge is 0.339 e. The van der Waals surface area contributed by atoms with Crippen LogP contribution in [0.5, 0.6) is 0 Å². The monoisotopic (exact) mass is 287 g/mol. The van der Waals surface area contributed by atoms with Crippen LogP contribution in [0, 0.1) is 6.92 Å². The molecule has 0 amide bonds. The van der Waals surface area contributed by atoms with Gasteiger partial charge in [0.25, 0.3) is 0 Å². The fraction of sp³-hybridized carbons (Fsp3) is 0.353. The van der Waals surface area contributed by atoms with Crippen molar-refractivity contribution in [2.45, 2.75) is 33.2 Å². The van der Waals surface area contributed by atoms with Gasteiger partial charge >= 0.3 is 5.97 Å². The van der Waals surface area contributed by atoms with E-state index in [0.29, 0.717) is 18.1 Å². The predicted molar refractivity (Wildman–Crippen MR) is 82.8 cm³/mol. The molecule has 1 aromatic heterocycles. The molecule has 0 aliphatic heterocycles. The first-order chi connectivity index (χ1) is 10.1. The van der Waals surface area contributed by atoms with Gasteiger partial charge in [0.05, 0.1) is 6.54 Å². The Morgan fingerprint density at radius 2 is 2.00 bits per heavy atom. The molecule has 1 heterocycles. The first-order valence-corrected chi connectivity index (χ1v) is 7.24. The Hall–Kier alpha value is -2.23. The van der Waals surface area contributed by atoms with Crippen LogP contribution < -0.4 is 4.90 Å². The van der Waals surface area contributed by atoms with E-state index in [2.05, 4.69) is 24.0 Å². The van der Waals surface area contributed by atoms with E-state index >= 15 is 0 Å². The standard InChI is InChI=1S/C17H21NO3/c1-3-4-10-18(14-8-6-5-7-9-14)12-15-11-16(17(19)20)13(2)21-15/h5-9,11H,3-4,10,12H2,1-2H3,(H,19,20). The third kappa shape index (κ3) is 3.88. The van der Waals surface area contributed by atoms with Crippen molar-refractivity contribution in [2.24, 2.45) is 0 Å². The highest BCUT2D eigenvalue weighted by Crippen LogP contribution is 2.21. The molecule has 0 fully saturated rings. The number of hydrogen-bond donors (Lipinski definition) is 1. The number of rotatable bonds is 7. The van der Waals surface area contributed by atoms with Crippen LogP contribution in [-0.4, -0.2) is 17.6 Å². The van der Waals surface area contributed by atoms with Crippen molar-refractivity contribution in [1.82, 2.24) is 0 Å². The lowest BCUT2D eigenvalue weighted by Crippen LogP contribution is -2.23. The molecule has 4 nitrogen and oxygen atoms in total. The Morgan fingerprint density at radius 1 is 1.29 bits per heavy atom. The van der Waals surface area contributed by atoms with Crippen LogP contribution in [0.2, 0.25) is 0 Å². The minimum atomic E-state index is -0.942. The van der Waals surface area contributed by atoms with Gasteiger partial charge in [0.1, 0.15) is 17.1 Å². The largest absolute Gasteiger partial charge is 0.478 e. The van der Waals surface area contributed by atoms with Crippen LogP contribution in [-0.2, 0) is 6.54 Å². The van der Waals surface area contributed by atoms with Gasteiger partial charge in [-0.3, -0.25) is 0 Å². The quantitative estimate of drug-likeness (QED) is 0.833. The number of unbranched alkanes of at least 4 members (excludes halogenated alkanes) is 1. The molecule has 4 heteroatoms. The molecular formula is C17H21NO3. The van der Waals surface area contributed by atoms with Crippen molar-refractivity contribution < 1.29 is 14.3 Å². The van der Waals surface area contributed by atoms with E-state index in [1.165, 1.54) is 0 Å². The number of furan rings is 1. The van der Waals surface area contributed by atoms with E-state index in [1.54, 1.807) is 13.0 Å². The van der Waals surface area contributed by atoms with Crippen molar-refractivity contribution >= 4 is 11.7 Å². The molecule has 2 aromatic rings. The van der Waals surface area contributed by atoms with Gasteiger partial charge in [-0.15, -0.1) is 0 Å². The summed E-state index contributed by atoms with van der Waals surface area (Å²) in [6, 6.07) is 11.7.